The van der Waals surface area contributed by atoms with Gasteiger partial charge in [-0.1, -0.05) is 5.92 Å². The van der Waals surface area contributed by atoms with Gasteiger partial charge >= 0.3 is 6.09 Å². The van der Waals surface area contributed by atoms with Gasteiger partial charge in [0, 0.05) is 6.54 Å². The van der Waals surface area contributed by atoms with E-state index in [9.17, 15) is 4.79 Å². The van der Waals surface area contributed by atoms with Crippen LogP contribution in [-0.2, 0) is 4.74 Å². The molecule has 0 aromatic carbocycles. The van der Waals surface area contributed by atoms with Gasteiger partial charge in [0.05, 0.1) is 6.04 Å². The summed E-state index contributed by atoms with van der Waals surface area (Å²) in [5.41, 5.74) is -0.122. The first-order valence-corrected chi connectivity index (χ1v) is 5.81. The van der Waals surface area contributed by atoms with Crippen LogP contribution in [0.1, 0.15) is 40.0 Å². The Kier molecular flexibility index (Phi) is 2.41. The monoisotopic (exact) mass is 221 g/mol. The molecule has 0 unspecified atom stereocenters. The number of hydrogen-bond acceptors (Lipinski definition) is 2. The molecular weight excluding hydrogens is 202 g/mol. The Balaban J connectivity index is 2.03. The maximum Gasteiger partial charge on any atom is 0.411 e. The van der Waals surface area contributed by atoms with Crippen molar-refractivity contribution >= 4 is 6.09 Å². The molecule has 1 saturated heterocycles. The highest BCUT2D eigenvalue weighted by atomic mass is 16.6. The van der Waals surface area contributed by atoms with Crippen LogP contribution in [0.3, 0.4) is 0 Å². The van der Waals surface area contributed by atoms with Gasteiger partial charge in [-0.2, -0.15) is 0 Å². The summed E-state index contributed by atoms with van der Waals surface area (Å²) in [7, 11) is 0. The first-order chi connectivity index (χ1) is 7.35. The van der Waals surface area contributed by atoms with E-state index in [2.05, 4.69) is 5.92 Å². The van der Waals surface area contributed by atoms with Gasteiger partial charge in [-0.05, 0) is 45.4 Å². The van der Waals surface area contributed by atoms with E-state index in [1.54, 1.807) is 4.90 Å². The molecule has 1 heterocycles. The number of rotatable bonds is 0. The van der Waals surface area contributed by atoms with Crippen LogP contribution in [-0.4, -0.2) is 29.2 Å². The van der Waals surface area contributed by atoms with Crippen molar-refractivity contribution in [2.75, 3.05) is 6.54 Å². The zero-order valence-corrected chi connectivity index (χ0v) is 10.2. The molecule has 3 heteroatoms. The molecule has 1 amide bonds. The summed E-state index contributed by atoms with van der Waals surface area (Å²) >= 11 is 0. The van der Waals surface area contributed by atoms with Gasteiger partial charge in [0.2, 0.25) is 0 Å². The number of ether oxygens (including phenoxy) is 1. The molecule has 1 saturated carbocycles. The lowest BCUT2D eigenvalue weighted by Gasteiger charge is -2.26. The number of hydrogen-bond donors (Lipinski definition) is 0. The molecule has 0 aromatic heterocycles. The number of terminal acetylenes is 1. The lowest BCUT2D eigenvalue weighted by molar-refractivity contribution is 0.0253. The molecule has 0 radical (unpaired) electrons. The summed E-state index contributed by atoms with van der Waals surface area (Å²) in [6, 6.07) is -0.0719. The fraction of sp³-hybridized carbons (Fsp3) is 0.769. The van der Waals surface area contributed by atoms with Crippen LogP contribution in [0.2, 0.25) is 0 Å². The SMILES string of the molecule is C#C[C@H]1CC2(CC2)CN1C(=O)OC(C)(C)C. The molecule has 2 aliphatic rings. The van der Waals surface area contributed by atoms with E-state index in [1.807, 2.05) is 20.8 Å². The maximum atomic E-state index is 12.0. The Morgan fingerprint density at radius 1 is 1.50 bits per heavy atom. The fourth-order valence-corrected chi connectivity index (χ4v) is 2.26. The lowest BCUT2D eigenvalue weighted by Crippen LogP contribution is -2.39. The minimum Gasteiger partial charge on any atom is -0.444 e. The van der Waals surface area contributed by atoms with Gasteiger partial charge in [-0.25, -0.2) is 4.79 Å². The summed E-state index contributed by atoms with van der Waals surface area (Å²) < 4.78 is 5.37. The van der Waals surface area contributed by atoms with Crippen LogP contribution in [0.4, 0.5) is 4.79 Å². The van der Waals surface area contributed by atoms with Gasteiger partial charge in [-0.3, -0.25) is 4.90 Å². The summed E-state index contributed by atoms with van der Waals surface area (Å²) in [4.78, 5) is 13.7. The first-order valence-electron chi connectivity index (χ1n) is 5.81. The van der Waals surface area contributed by atoms with Crippen molar-refractivity contribution in [1.82, 2.24) is 4.90 Å². The van der Waals surface area contributed by atoms with Crippen LogP contribution in [0.25, 0.3) is 0 Å². The molecule has 16 heavy (non-hydrogen) atoms. The molecule has 2 fully saturated rings. The molecule has 1 aliphatic heterocycles. The van der Waals surface area contributed by atoms with E-state index in [-0.39, 0.29) is 12.1 Å². The first kappa shape index (κ1) is 11.3. The third-order valence-corrected chi connectivity index (χ3v) is 3.29. The van der Waals surface area contributed by atoms with Crippen LogP contribution < -0.4 is 0 Å². The third kappa shape index (κ3) is 2.16. The number of carbonyl (C=O) groups is 1. The highest BCUT2D eigenvalue weighted by Crippen LogP contribution is 2.54. The van der Waals surface area contributed by atoms with Gasteiger partial charge in [-0.15, -0.1) is 6.42 Å². The molecule has 0 bridgehead atoms. The van der Waals surface area contributed by atoms with Crippen molar-refractivity contribution in [2.45, 2.75) is 51.7 Å². The van der Waals surface area contributed by atoms with Crippen LogP contribution >= 0.6 is 0 Å². The molecule has 2 rings (SSSR count). The van der Waals surface area contributed by atoms with E-state index in [4.69, 9.17) is 11.2 Å². The summed E-state index contributed by atoms with van der Waals surface area (Å²) in [6.45, 7) is 6.40. The average Bonchev–Trinajstić information content (AvgIpc) is 2.75. The maximum absolute atomic E-state index is 12.0. The molecular formula is C13H19NO2. The van der Waals surface area contributed by atoms with Gasteiger partial charge in [0.15, 0.2) is 0 Å². The van der Waals surface area contributed by atoms with Crippen molar-refractivity contribution < 1.29 is 9.53 Å². The Morgan fingerprint density at radius 2 is 2.12 bits per heavy atom. The third-order valence-electron chi connectivity index (χ3n) is 3.29. The highest BCUT2D eigenvalue weighted by molar-refractivity contribution is 5.70. The van der Waals surface area contributed by atoms with Gasteiger partial charge in [0.25, 0.3) is 0 Å². The quantitative estimate of drug-likeness (QED) is 0.588. The zero-order valence-electron chi connectivity index (χ0n) is 10.2. The van der Waals surface area contributed by atoms with Crippen molar-refractivity contribution in [1.29, 1.82) is 0 Å². The second kappa shape index (κ2) is 3.41. The molecule has 3 nitrogen and oxygen atoms in total. The Bertz CT molecular complexity index is 344. The van der Waals surface area contributed by atoms with Crippen LogP contribution in [0, 0.1) is 17.8 Å². The highest BCUT2D eigenvalue weighted by Gasteiger charge is 2.53. The minimum absolute atomic E-state index is 0.0719. The predicted molar refractivity (Wildman–Crippen MR) is 61.8 cm³/mol. The summed E-state index contributed by atoms with van der Waals surface area (Å²) in [5.74, 6) is 2.70. The smallest absolute Gasteiger partial charge is 0.411 e. The van der Waals surface area contributed by atoms with Gasteiger partial charge in [0.1, 0.15) is 5.60 Å². The second-order valence-corrected chi connectivity index (χ2v) is 5.99. The second-order valence-electron chi connectivity index (χ2n) is 5.99. The number of amides is 1. The minimum atomic E-state index is -0.449. The molecule has 0 aromatic rings. The normalized spacial score (nSPS) is 26.6. The van der Waals surface area contributed by atoms with E-state index in [0.29, 0.717) is 5.41 Å². The Labute approximate surface area is 97.1 Å². The van der Waals surface area contributed by atoms with Crippen LogP contribution in [0.5, 0.6) is 0 Å². The topological polar surface area (TPSA) is 29.5 Å². The van der Waals surface area contributed by atoms with E-state index in [0.717, 1.165) is 13.0 Å². The number of likely N-dealkylation sites (tertiary alicyclic amines) is 1. The van der Waals surface area contributed by atoms with E-state index in [1.165, 1.54) is 12.8 Å². The van der Waals surface area contributed by atoms with Crippen molar-refractivity contribution in [3.8, 4) is 12.3 Å². The van der Waals surface area contributed by atoms with Gasteiger partial charge < -0.3 is 4.74 Å². The summed E-state index contributed by atoms with van der Waals surface area (Å²) in [6.07, 6.45) is 8.56. The van der Waals surface area contributed by atoms with E-state index < -0.39 is 5.60 Å². The fourth-order valence-electron chi connectivity index (χ4n) is 2.26. The van der Waals surface area contributed by atoms with E-state index >= 15 is 0 Å². The van der Waals surface area contributed by atoms with Crippen LogP contribution in [0.15, 0.2) is 0 Å². The standard InChI is InChI=1S/C13H19NO2/c1-5-10-8-13(6-7-13)9-14(10)11(15)16-12(2,3)4/h1,10H,6-9H2,2-4H3/t10-/m0/s1. The average molecular weight is 221 g/mol. The zero-order chi connectivity index (χ0) is 12.0. The van der Waals surface area contributed by atoms with Crippen molar-refractivity contribution in [3.63, 3.8) is 0 Å². The van der Waals surface area contributed by atoms with Crippen molar-refractivity contribution in [3.05, 3.63) is 0 Å². The largest absolute Gasteiger partial charge is 0.444 e. The number of carbonyl (C=O) groups excluding carboxylic acids is 1. The van der Waals surface area contributed by atoms with Crippen molar-refractivity contribution in [2.24, 2.45) is 5.41 Å². The number of nitrogens with zero attached hydrogens (tertiary/aromatic N) is 1. The summed E-state index contributed by atoms with van der Waals surface area (Å²) in [5, 5.41) is 0. The molecule has 0 N–H and O–H groups in total. The molecule has 1 aliphatic carbocycles. The Hall–Kier alpha value is -1.17. The Morgan fingerprint density at radius 3 is 2.56 bits per heavy atom. The molecule has 1 spiro atoms. The predicted octanol–water partition coefficient (Wildman–Crippen LogP) is 2.41. The molecule has 1 atom stereocenters. The molecule has 88 valence electrons. The lowest BCUT2D eigenvalue weighted by atomic mass is 10.0.